The Hall–Kier alpha value is -1.02. The molecule has 1 saturated carbocycles. The Kier molecular flexibility index (Phi) is 5.71. The van der Waals surface area contributed by atoms with Gasteiger partial charge in [0.15, 0.2) is 0 Å². The van der Waals surface area contributed by atoms with Crippen molar-refractivity contribution in [2.45, 2.75) is 64.0 Å². The molecule has 0 amide bonds. The highest BCUT2D eigenvalue weighted by Gasteiger charge is 2.23. The zero-order chi connectivity index (χ0) is 13.5. The van der Waals surface area contributed by atoms with E-state index >= 15 is 0 Å². The third-order valence-corrected chi connectivity index (χ3v) is 4.21. The summed E-state index contributed by atoms with van der Waals surface area (Å²) >= 11 is 0. The van der Waals surface area contributed by atoms with Crippen LogP contribution < -0.4 is 10.1 Å². The fourth-order valence-electron chi connectivity index (χ4n) is 3.00. The maximum Gasteiger partial charge on any atom is 0.122 e. The first-order chi connectivity index (χ1) is 9.35. The van der Waals surface area contributed by atoms with Crippen LogP contribution in [0, 0.1) is 0 Å². The average molecular weight is 261 g/mol. The van der Waals surface area contributed by atoms with Crippen molar-refractivity contribution < 1.29 is 4.74 Å². The predicted octanol–water partition coefficient (Wildman–Crippen LogP) is 3.94. The second-order valence-electron chi connectivity index (χ2n) is 5.50. The summed E-state index contributed by atoms with van der Waals surface area (Å²) in [5, 5.41) is 3.45. The smallest absolute Gasteiger partial charge is 0.122 e. The Morgan fingerprint density at radius 2 is 1.84 bits per heavy atom. The van der Waals surface area contributed by atoms with E-state index in [1.54, 1.807) is 0 Å². The summed E-state index contributed by atoms with van der Waals surface area (Å²) in [6.45, 7) is 2.19. The van der Waals surface area contributed by atoms with E-state index in [9.17, 15) is 0 Å². The fraction of sp³-hybridized carbons (Fsp3) is 0.647. The van der Waals surface area contributed by atoms with Crippen molar-refractivity contribution in [2.24, 2.45) is 0 Å². The Morgan fingerprint density at radius 1 is 1.11 bits per heavy atom. The largest absolute Gasteiger partial charge is 0.489 e. The molecule has 1 aromatic carbocycles. The minimum absolute atomic E-state index is 0.318. The van der Waals surface area contributed by atoms with Crippen LogP contribution >= 0.6 is 0 Å². The van der Waals surface area contributed by atoms with Crippen LogP contribution in [-0.2, 0) is 6.42 Å². The van der Waals surface area contributed by atoms with Crippen molar-refractivity contribution in [1.29, 1.82) is 0 Å². The number of hydrogen-bond donors (Lipinski definition) is 1. The van der Waals surface area contributed by atoms with Gasteiger partial charge in [0.05, 0.1) is 0 Å². The third-order valence-electron chi connectivity index (χ3n) is 4.21. The minimum Gasteiger partial charge on any atom is -0.489 e. The monoisotopic (exact) mass is 261 g/mol. The van der Waals surface area contributed by atoms with Crippen LogP contribution in [0.15, 0.2) is 24.3 Å². The summed E-state index contributed by atoms with van der Waals surface area (Å²) in [6, 6.07) is 8.95. The number of ether oxygens (including phenoxy) is 1. The van der Waals surface area contributed by atoms with Gasteiger partial charge in [0.2, 0.25) is 0 Å². The first kappa shape index (κ1) is 14.4. The van der Waals surface area contributed by atoms with Crippen LogP contribution in [0.4, 0.5) is 0 Å². The average Bonchev–Trinajstić information content (AvgIpc) is 2.43. The second kappa shape index (κ2) is 7.54. The number of para-hydroxylation sites is 1. The minimum atomic E-state index is 0.318. The van der Waals surface area contributed by atoms with Gasteiger partial charge in [-0.3, -0.25) is 0 Å². The molecule has 0 aliphatic heterocycles. The summed E-state index contributed by atoms with van der Waals surface area (Å²) in [5.41, 5.74) is 1.32. The molecule has 0 spiro atoms. The quantitative estimate of drug-likeness (QED) is 0.886. The normalized spacial score (nSPS) is 24.5. The van der Waals surface area contributed by atoms with E-state index in [0.29, 0.717) is 12.1 Å². The lowest BCUT2D eigenvalue weighted by atomic mass is 9.94. The van der Waals surface area contributed by atoms with E-state index in [2.05, 4.69) is 43.6 Å². The number of nitrogens with one attached hydrogen (secondary N) is 1. The maximum atomic E-state index is 6.35. The summed E-state index contributed by atoms with van der Waals surface area (Å²) in [4.78, 5) is 0. The van der Waals surface area contributed by atoms with Gasteiger partial charge in [-0.1, -0.05) is 44.4 Å². The highest BCUT2D eigenvalue weighted by atomic mass is 16.5. The molecule has 0 radical (unpaired) electrons. The van der Waals surface area contributed by atoms with Crippen LogP contribution in [0.1, 0.15) is 51.0 Å². The topological polar surface area (TPSA) is 21.3 Å². The van der Waals surface area contributed by atoms with Gasteiger partial charge in [-0.2, -0.15) is 0 Å². The van der Waals surface area contributed by atoms with Crippen LogP contribution in [0.2, 0.25) is 0 Å². The fourth-order valence-corrected chi connectivity index (χ4v) is 3.00. The molecule has 2 unspecified atom stereocenters. The molecule has 1 N–H and O–H groups in total. The molecule has 2 rings (SSSR count). The molecule has 1 aromatic rings. The number of aryl methyl sites for hydroxylation is 1. The molecule has 1 aliphatic rings. The van der Waals surface area contributed by atoms with E-state index in [0.717, 1.165) is 12.2 Å². The zero-order valence-corrected chi connectivity index (χ0v) is 12.3. The lowest BCUT2D eigenvalue weighted by Crippen LogP contribution is -2.42. The number of benzene rings is 1. The maximum absolute atomic E-state index is 6.35. The lowest BCUT2D eigenvalue weighted by molar-refractivity contribution is 0.130. The molecule has 106 valence electrons. The van der Waals surface area contributed by atoms with Gasteiger partial charge in [-0.05, 0) is 44.4 Å². The molecule has 2 heteroatoms. The van der Waals surface area contributed by atoms with Gasteiger partial charge in [-0.25, -0.2) is 0 Å². The van der Waals surface area contributed by atoms with Gasteiger partial charge in [0, 0.05) is 6.04 Å². The molecule has 1 fully saturated rings. The highest BCUT2D eigenvalue weighted by molar-refractivity contribution is 5.33. The number of hydrogen-bond acceptors (Lipinski definition) is 2. The molecule has 1 aliphatic carbocycles. The molecular weight excluding hydrogens is 234 g/mol. The first-order valence-corrected chi connectivity index (χ1v) is 7.77. The van der Waals surface area contributed by atoms with Crippen molar-refractivity contribution in [1.82, 2.24) is 5.32 Å². The Morgan fingerprint density at radius 3 is 2.58 bits per heavy atom. The predicted molar refractivity (Wildman–Crippen MR) is 80.8 cm³/mol. The molecule has 0 aromatic heterocycles. The number of rotatable bonds is 4. The summed E-state index contributed by atoms with van der Waals surface area (Å²) < 4.78 is 6.35. The van der Waals surface area contributed by atoms with Crippen LogP contribution in [-0.4, -0.2) is 19.2 Å². The van der Waals surface area contributed by atoms with Crippen LogP contribution in [0.25, 0.3) is 0 Å². The summed E-state index contributed by atoms with van der Waals surface area (Å²) in [7, 11) is 2.06. The Balaban J connectivity index is 2.08. The molecule has 2 atom stereocenters. The van der Waals surface area contributed by atoms with Crippen molar-refractivity contribution >= 4 is 0 Å². The molecule has 0 saturated heterocycles. The van der Waals surface area contributed by atoms with Crippen molar-refractivity contribution in [3.63, 3.8) is 0 Å². The van der Waals surface area contributed by atoms with Gasteiger partial charge < -0.3 is 10.1 Å². The molecule has 2 nitrogen and oxygen atoms in total. The Labute approximate surface area is 117 Å². The van der Waals surface area contributed by atoms with Gasteiger partial charge in [0.1, 0.15) is 11.9 Å². The Bertz CT molecular complexity index is 377. The van der Waals surface area contributed by atoms with Crippen molar-refractivity contribution in [3.8, 4) is 5.75 Å². The van der Waals surface area contributed by atoms with E-state index in [1.165, 1.54) is 44.1 Å². The SMILES string of the molecule is CCc1ccccc1OC1CCCCCCC1NC. The third kappa shape index (κ3) is 3.97. The molecule has 0 heterocycles. The van der Waals surface area contributed by atoms with Gasteiger partial charge >= 0.3 is 0 Å². The molecular formula is C17H27NO. The first-order valence-electron chi connectivity index (χ1n) is 7.77. The summed E-state index contributed by atoms with van der Waals surface area (Å²) in [6.07, 6.45) is 9.09. The highest BCUT2D eigenvalue weighted by Crippen LogP contribution is 2.25. The lowest BCUT2D eigenvalue weighted by Gasteiger charge is -2.30. The standard InChI is InChI=1S/C17H27NO/c1-3-14-10-8-9-12-16(14)19-17-13-7-5-4-6-11-15(17)18-2/h8-10,12,15,17-18H,3-7,11,13H2,1-2H3. The van der Waals surface area contributed by atoms with Crippen LogP contribution in [0.5, 0.6) is 5.75 Å². The second-order valence-corrected chi connectivity index (χ2v) is 5.50. The molecule has 19 heavy (non-hydrogen) atoms. The van der Waals surface area contributed by atoms with E-state index < -0.39 is 0 Å². The van der Waals surface area contributed by atoms with E-state index in [4.69, 9.17) is 4.74 Å². The van der Waals surface area contributed by atoms with Gasteiger partial charge in [-0.15, -0.1) is 0 Å². The van der Waals surface area contributed by atoms with E-state index in [1.807, 2.05) is 0 Å². The van der Waals surface area contributed by atoms with Crippen molar-refractivity contribution in [3.05, 3.63) is 29.8 Å². The van der Waals surface area contributed by atoms with Crippen LogP contribution in [0.3, 0.4) is 0 Å². The van der Waals surface area contributed by atoms with Crippen molar-refractivity contribution in [2.75, 3.05) is 7.05 Å². The molecule has 0 bridgehead atoms. The summed E-state index contributed by atoms with van der Waals surface area (Å²) in [5.74, 6) is 1.08. The van der Waals surface area contributed by atoms with E-state index in [-0.39, 0.29) is 0 Å². The van der Waals surface area contributed by atoms with Gasteiger partial charge in [0.25, 0.3) is 0 Å². The zero-order valence-electron chi connectivity index (χ0n) is 12.3. The number of likely N-dealkylation sites (N-methyl/N-ethyl adjacent to an activating group) is 1.